The lowest BCUT2D eigenvalue weighted by atomic mass is 10.0. The van der Waals surface area contributed by atoms with Crippen LogP contribution in [0, 0.1) is 6.92 Å². The van der Waals surface area contributed by atoms with E-state index in [-0.39, 0.29) is 12.5 Å². The number of amides is 1. The summed E-state index contributed by atoms with van der Waals surface area (Å²) in [7, 11) is 0. The Balaban J connectivity index is 1.42. The van der Waals surface area contributed by atoms with Crippen LogP contribution < -0.4 is 20.7 Å². The number of β-amino-alcohol motifs (C(OH)–C–C–N with tert-alkyl or cyclic N) is 1. The molecule has 1 aliphatic rings. The van der Waals surface area contributed by atoms with Crippen molar-refractivity contribution in [2.24, 2.45) is 5.73 Å². The Labute approximate surface area is 181 Å². The maximum absolute atomic E-state index is 12.6. The number of anilines is 1. The Morgan fingerprint density at radius 3 is 3.03 bits per heavy atom. The summed E-state index contributed by atoms with van der Waals surface area (Å²) in [4.78, 5) is 23.7. The Kier molecular flexibility index (Phi) is 6.01. The van der Waals surface area contributed by atoms with Gasteiger partial charge < -0.3 is 25.8 Å². The molecule has 4 N–H and O–H groups in total. The van der Waals surface area contributed by atoms with Crippen molar-refractivity contribution < 1.29 is 14.6 Å². The van der Waals surface area contributed by atoms with Gasteiger partial charge in [0.05, 0.1) is 11.2 Å². The highest BCUT2D eigenvalue weighted by Crippen LogP contribution is 2.30. The van der Waals surface area contributed by atoms with E-state index in [1.807, 2.05) is 25.1 Å². The van der Waals surface area contributed by atoms with Crippen molar-refractivity contribution in [3.05, 3.63) is 59.9 Å². The zero-order valence-electron chi connectivity index (χ0n) is 17.5. The number of carbonyl (C=O) groups is 1. The quantitative estimate of drug-likeness (QED) is 0.531. The van der Waals surface area contributed by atoms with Crippen molar-refractivity contribution in [3.8, 4) is 5.75 Å². The normalized spacial score (nSPS) is 18.4. The molecule has 1 aliphatic heterocycles. The van der Waals surface area contributed by atoms with Crippen molar-refractivity contribution in [1.82, 2.24) is 15.3 Å². The van der Waals surface area contributed by atoms with Crippen LogP contribution in [0.2, 0.25) is 0 Å². The van der Waals surface area contributed by atoms with Crippen molar-refractivity contribution in [2.75, 3.05) is 37.7 Å². The average molecular weight is 422 g/mol. The second-order valence-corrected chi connectivity index (χ2v) is 7.89. The highest BCUT2D eigenvalue weighted by molar-refractivity contribution is 5.94. The topological polar surface area (TPSA) is 114 Å². The number of aliphatic hydroxyl groups is 1. The van der Waals surface area contributed by atoms with Gasteiger partial charge in [-0.2, -0.15) is 0 Å². The summed E-state index contributed by atoms with van der Waals surface area (Å²) in [5, 5.41) is 13.9. The van der Waals surface area contributed by atoms with Gasteiger partial charge in [0.2, 0.25) is 0 Å². The van der Waals surface area contributed by atoms with Gasteiger partial charge >= 0.3 is 0 Å². The SMILES string of the molecule is Cc1ccc2nccc(N3CCC(O)(CNC(=O)c4cccc(OCCN)c4)C3)c2n1. The first kappa shape index (κ1) is 21.0. The van der Waals surface area contributed by atoms with Crippen LogP contribution in [0.5, 0.6) is 5.75 Å². The molecule has 4 rings (SSSR count). The van der Waals surface area contributed by atoms with Gasteiger partial charge in [0.25, 0.3) is 5.91 Å². The van der Waals surface area contributed by atoms with Crippen LogP contribution in [0.4, 0.5) is 5.69 Å². The zero-order chi connectivity index (χ0) is 21.8. The number of nitrogens with two attached hydrogens (primary N) is 1. The molecule has 8 nitrogen and oxygen atoms in total. The van der Waals surface area contributed by atoms with Crippen LogP contribution in [-0.4, -0.2) is 59.4 Å². The molecular weight excluding hydrogens is 394 g/mol. The monoisotopic (exact) mass is 421 g/mol. The van der Waals surface area contributed by atoms with Crippen LogP contribution >= 0.6 is 0 Å². The maximum Gasteiger partial charge on any atom is 0.251 e. The Morgan fingerprint density at radius 1 is 1.32 bits per heavy atom. The molecule has 8 heteroatoms. The first-order valence-electron chi connectivity index (χ1n) is 10.4. The fourth-order valence-electron chi connectivity index (χ4n) is 3.82. The summed E-state index contributed by atoms with van der Waals surface area (Å²) in [6.07, 6.45) is 2.30. The van der Waals surface area contributed by atoms with Crippen molar-refractivity contribution in [1.29, 1.82) is 0 Å². The number of fused-ring (bicyclic) bond motifs is 1. The number of hydrogen-bond donors (Lipinski definition) is 3. The van der Waals surface area contributed by atoms with E-state index in [2.05, 4.69) is 20.2 Å². The molecule has 1 aromatic carbocycles. The first-order valence-corrected chi connectivity index (χ1v) is 10.4. The van der Waals surface area contributed by atoms with E-state index < -0.39 is 5.60 Å². The molecule has 162 valence electrons. The smallest absolute Gasteiger partial charge is 0.251 e. The predicted molar refractivity (Wildman–Crippen MR) is 119 cm³/mol. The van der Waals surface area contributed by atoms with Crippen LogP contribution in [-0.2, 0) is 0 Å². The highest BCUT2D eigenvalue weighted by atomic mass is 16.5. The molecule has 1 saturated heterocycles. The van der Waals surface area contributed by atoms with Gasteiger partial charge in [-0.15, -0.1) is 0 Å². The van der Waals surface area contributed by atoms with Crippen molar-refractivity contribution in [3.63, 3.8) is 0 Å². The molecule has 0 aliphatic carbocycles. The highest BCUT2D eigenvalue weighted by Gasteiger charge is 2.37. The molecule has 0 bridgehead atoms. The van der Waals surface area contributed by atoms with Gasteiger partial charge in [-0.3, -0.25) is 9.78 Å². The van der Waals surface area contributed by atoms with Gasteiger partial charge in [0.15, 0.2) is 0 Å². The molecule has 0 radical (unpaired) electrons. The number of benzene rings is 1. The van der Waals surface area contributed by atoms with Crippen LogP contribution in [0.3, 0.4) is 0 Å². The number of carbonyl (C=O) groups excluding carboxylic acids is 1. The lowest BCUT2D eigenvalue weighted by Gasteiger charge is -2.25. The number of nitrogens with one attached hydrogen (secondary N) is 1. The minimum Gasteiger partial charge on any atom is -0.492 e. The third-order valence-electron chi connectivity index (χ3n) is 5.44. The summed E-state index contributed by atoms with van der Waals surface area (Å²) in [6, 6.07) is 12.7. The molecule has 3 aromatic rings. The molecule has 1 amide bonds. The number of aromatic nitrogens is 2. The summed E-state index contributed by atoms with van der Waals surface area (Å²) in [5.41, 5.74) is 8.42. The van der Waals surface area contributed by atoms with Crippen molar-refractivity contribution >= 4 is 22.6 Å². The number of aryl methyl sites for hydroxylation is 1. The molecule has 2 aromatic heterocycles. The summed E-state index contributed by atoms with van der Waals surface area (Å²) < 4.78 is 5.48. The number of pyridine rings is 2. The largest absolute Gasteiger partial charge is 0.492 e. The van der Waals surface area contributed by atoms with E-state index in [0.717, 1.165) is 22.4 Å². The summed E-state index contributed by atoms with van der Waals surface area (Å²) in [6.45, 7) is 3.97. The minimum atomic E-state index is -1.03. The molecule has 0 saturated carbocycles. The number of ether oxygens (including phenoxy) is 1. The molecule has 1 unspecified atom stereocenters. The lowest BCUT2D eigenvalue weighted by Crippen LogP contribution is -2.45. The molecule has 0 spiro atoms. The summed E-state index contributed by atoms with van der Waals surface area (Å²) >= 11 is 0. The minimum absolute atomic E-state index is 0.158. The van der Waals surface area contributed by atoms with Crippen LogP contribution in [0.25, 0.3) is 11.0 Å². The van der Waals surface area contributed by atoms with E-state index in [0.29, 0.717) is 44.0 Å². The third kappa shape index (κ3) is 4.76. The van der Waals surface area contributed by atoms with E-state index in [4.69, 9.17) is 10.5 Å². The van der Waals surface area contributed by atoms with E-state index in [1.54, 1.807) is 30.5 Å². The van der Waals surface area contributed by atoms with Crippen molar-refractivity contribution in [2.45, 2.75) is 18.9 Å². The maximum atomic E-state index is 12.6. The van der Waals surface area contributed by atoms with Gasteiger partial charge in [0.1, 0.15) is 23.5 Å². The first-order chi connectivity index (χ1) is 15.0. The third-order valence-corrected chi connectivity index (χ3v) is 5.44. The second-order valence-electron chi connectivity index (χ2n) is 7.89. The Hall–Kier alpha value is -3.23. The second kappa shape index (κ2) is 8.87. The van der Waals surface area contributed by atoms with Crippen LogP contribution in [0.15, 0.2) is 48.7 Å². The van der Waals surface area contributed by atoms with Gasteiger partial charge in [-0.05, 0) is 49.7 Å². The molecule has 1 fully saturated rings. The standard InChI is InChI=1S/C23H27N5O3/c1-16-5-6-19-21(27-16)20(7-10-25-19)28-11-8-23(30,15-28)14-26-22(29)17-3-2-4-18(13-17)31-12-9-24/h2-7,10,13,30H,8-9,11-12,14-15,24H2,1H3,(H,26,29). The van der Waals surface area contributed by atoms with E-state index in [9.17, 15) is 9.90 Å². The van der Waals surface area contributed by atoms with Crippen LogP contribution in [0.1, 0.15) is 22.5 Å². The molecular formula is C23H27N5O3. The molecule has 31 heavy (non-hydrogen) atoms. The number of hydrogen-bond acceptors (Lipinski definition) is 7. The van der Waals surface area contributed by atoms with Gasteiger partial charge in [0, 0.05) is 43.6 Å². The summed E-state index contributed by atoms with van der Waals surface area (Å²) in [5.74, 6) is 0.341. The fraction of sp³-hybridized carbons (Fsp3) is 0.348. The van der Waals surface area contributed by atoms with Gasteiger partial charge in [-0.25, -0.2) is 4.98 Å². The van der Waals surface area contributed by atoms with E-state index in [1.165, 1.54) is 0 Å². The fourth-order valence-corrected chi connectivity index (χ4v) is 3.82. The van der Waals surface area contributed by atoms with E-state index >= 15 is 0 Å². The number of rotatable bonds is 7. The number of nitrogens with zero attached hydrogens (tertiary/aromatic N) is 3. The molecule has 3 heterocycles. The Bertz CT molecular complexity index is 1090. The zero-order valence-corrected chi connectivity index (χ0v) is 17.5. The average Bonchev–Trinajstić information content (AvgIpc) is 3.18. The van der Waals surface area contributed by atoms with Gasteiger partial charge in [-0.1, -0.05) is 6.07 Å². The lowest BCUT2D eigenvalue weighted by molar-refractivity contribution is 0.0576. The molecule has 1 atom stereocenters. The predicted octanol–water partition coefficient (Wildman–Crippen LogP) is 1.65. The Morgan fingerprint density at radius 2 is 2.19 bits per heavy atom.